The molecule has 1 aliphatic rings. The highest BCUT2D eigenvalue weighted by atomic mass is 19.2. The van der Waals surface area contributed by atoms with Crippen LogP contribution in [-0.4, -0.2) is 33.7 Å². The van der Waals surface area contributed by atoms with Crippen molar-refractivity contribution in [2.24, 2.45) is 13.0 Å². The van der Waals surface area contributed by atoms with Crippen molar-refractivity contribution in [1.29, 1.82) is 0 Å². The van der Waals surface area contributed by atoms with E-state index < -0.39 is 11.6 Å². The van der Waals surface area contributed by atoms with Gasteiger partial charge in [-0.25, -0.2) is 13.5 Å². The number of rotatable bonds is 4. The third kappa shape index (κ3) is 4.33. The van der Waals surface area contributed by atoms with E-state index >= 15 is 0 Å². The lowest BCUT2D eigenvalue weighted by molar-refractivity contribution is -0.131. The molecule has 138 valence electrons. The molecule has 0 spiro atoms. The summed E-state index contributed by atoms with van der Waals surface area (Å²) in [5.41, 5.74) is 1.14. The maximum absolute atomic E-state index is 13.3. The van der Waals surface area contributed by atoms with Gasteiger partial charge in [-0.1, -0.05) is 6.07 Å². The van der Waals surface area contributed by atoms with Crippen LogP contribution in [0.1, 0.15) is 24.1 Å². The van der Waals surface area contributed by atoms with Crippen molar-refractivity contribution in [3.63, 3.8) is 0 Å². The number of halogens is 2. The Morgan fingerprint density at radius 1 is 1.15 bits per heavy atom. The van der Waals surface area contributed by atoms with E-state index in [1.807, 2.05) is 0 Å². The van der Waals surface area contributed by atoms with Crippen molar-refractivity contribution >= 4 is 5.91 Å². The smallest absolute Gasteiger partial charge is 0.266 e. The van der Waals surface area contributed by atoms with Crippen molar-refractivity contribution < 1.29 is 13.6 Å². The summed E-state index contributed by atoms with van der Waals surface area (Å²) in [5.74, 6) is -1.32. The lowest BCUT2D eigenvalue weighted by Crippen LogP contribution is -2.40. The van der Waals surface area contributed by atoms with E-state index in [2.05, 4.69) is 5.10 Å². The third-order valence-corrected chi connectivity index (χ3v) is 4.82. The Balaban J connectivity index is 1.52. The third-order valence-electron chi connectivity index (χ3n) is 4.82. The second-order valence-corrected chi connectivity index (χ2v) is 6.74. The topological polar surface area (TPSA) is 55.2 Å². The quantitative estimate of drug-likeness (QED) is 0.838. The first-order chi connectivity index (χ1) is 12.4. The number of aromatic nitrogens is 2. The fraction of sp³-hybridized carbons (Fsp3) is 0.421. The summed E-state index contributed by atoms with van der Waals surface area (Å²) in [6.45, 7) is 1.28. The van der Waals surface area contributed by atoms with Crippen LogP contribution >= 0.6 is 0 Å². The molecule has 1 amide bonds. The van der Waals surface area contributed by atoms with Gasteiger partial charge in [0.2, 0.25) is 5.91 Å². The number of likely N-dealkylation sites (tertiary alicyclic amines) is 1. The fourth-order valence-electron chi connectivity index (χ4n) is 3.30. The minimum Gasteiger partial charge on any atom is -0.342 e. The Bertz CT molecular complexity index is 858. The van der Waals surface area contributed by atoms with Gasteiger partial charge in [0.15, 0.2) is 11.6 Å². The molecule has 2 heterocycles. The first-order valence-corrected chi connectivity index (χ1v) is 8.67. The van der Waals surface area contributed by atoms with Crippen molar-refractivity contribution in [3.05, 3.63) is 63.6 Å². The number of nitrogens with zero attached hydrogens (tertiary/aromatic N) is 3. The zero-order valence-corrected chi connectivity index (χ0v) is 14.6. The number of carbonyl (C=O) groups excluding carboxylic acids is 1. The van der Waals surface area contributed by atoms with E-state index in [1.165, 1.54) is 16.8 Å². The van der Waals surface area contributed by atoms with Crippen molar-refractivity contribution in [2.75, 3.05) is 13.1 Å². The molecule has 26 heavy (non-hydrogen) atoms. The average molecular weight is 361 g/mol. The van der Waals surface area contributed by atoms with Crippen LogP contribution in [0.3, 0.4) is 0 Å². The zero-order valence-electron chi connectivity index (χ0n) is 14.6. The van der Waals surface area contributed by atoms with Crippen LogP contribution in [0.4, 0.5) is 8.78 Å². The summed E-state index contributed by atoms with van der Waals surface area (Å²) in [7, 11) is 1.56. The minimum atomic E-state index is -0.832. The van der Waals surface area contributed by atoms with Crippen LogP contribution in [0.25, 0.3) is 0 Å². The molecular weight excluding hydrogens is 340 g/mol. The molecule has 0 saturated carbocycles. The van der Waals surface area contributed by atoms with Gasteiger partial charge in [0, 0.05) is 26.2 Å². The maximum Gasteiger partial charge on any atom is 0.266 e. The number of piperidine rings is 1. The molecule has 2 aromatic rings. The predicted octanol–water partition coefficient (Wildman–Crippen LogP) is 2.08. The molecule has 3 rings (SSSR count). The highest BCUT2D eigenvalue weighted by Crippen LogP contribution is 2.23. The monoisotopic (exact) mass is 361 g/mol. The molecule has 0 aliphatic carbocycles. The number of hydrogen-bond donors (Lipinski definition) is 0. The van der Waals surface area contributed by atoms with Crippen LogP contribution in [0, 0.1) is 17.6 Å². The standard InChI is InChI=1S/C19H21F2N3O2/c1-23-18(25)5-3-15(22-23)12-19(26)24-8-6-13(7-9-24)10-14-2-4-16(20)17(21)11-14/h2-5,11,13H,6-10,12H2,1H3. The molecule has 0 unspecified atom stereocenters. The number of aryl methyl sites for hydroxylation is 1. The summed E-state index contributed by atoms with van der Waals surface area (Å²) in [5, 5.41) is 4.08. The Hall–Kier alpha value is -2.57. The van der Waals surface area contributed by atoms with Crippen LogP contribution in [0.2, 0.25) is 0 Å². The molecule has 0 radical (unpaired) electrons. The molecule has 1 fully saturated rings. The van der Waals surface area contributed by atoms with Gasteiger partial charge in [0.05, 0.1) is 12.1 Å². The largest absolute Gasteiger partial charge is 0.342 e. The van der Waals surface area contributed by atoms with Gasteiger partial charge < -0.3 is 4.90 Å². The Kier molecular flexibility index (Phi) is 5.44. The SMILES string of the molecule is Cn1nc(CC(=O)N2CCC(Cc3ccc(F)c(F)c3)CC2)ccc1=O. The fourth-order valence-corrected chi connectivity index (χ4v) is 3.30. The number of amides is 1. The van der Waals surface area contributed by atoms with Gasteiger partial charge in [0.1, 0.15) is 0 Å². The minimum absolute atomic E-state index is 0.0116. The van der Waals surface area contributed by atoms with E-state index in [4.69, 9.17) is 0 Å². The molecule has 7 heteroatoms. The molecule has 1 aliphatic heterocycles. The second kappa shape index (κ2) is 7.76. The van der Waals surface area contributed by atoms with Gasteiger partial charge in [0.25, 0.3) is 5.56 Å². The first kappa shape index (κ1) is 18.2. The maximum atomic E-state index is 13.3. The number of benzene rings is 1. The first-order valence-electron chi connectivity index (χ1n) is 8.67. The summed E-state index contributed by atoms with van der Waals surface area (Å²) in [4.78, 5) is 25.6. The van der Waals surface area contributed by atoms with Crippen LogP contribution in [0.5, 0.6) is 0 Å². The molecular formula is C19H21F2N3O2. The lowest BCUT2D eigenvalue weighted by Gasteiger charge is -2.32. The van der Waals surface area contributed by atoms with Crippen LogP contribution < -0.4 is 5.56 Å². The Morgan fingerprint density at radius 2 is 1.88 bits per heavy atom. The van der Waals surface area contributed by atoms with Crippen molar-refractivity contribution in [3.8, 4) is 0 Å². The molecule has 1 aromatic heterocycles. The van der Waals surface area contributed by atoms with Crippen LogP contribution in [-0.2, 0) is 24.7 Å². The Labute approximate surface area is 150 Å². The molecule has 5 nitrogen and oxygen atoms in total. The lowest BCUT2D eigenvalue weighted by atomic mass is 9.90. The molecule has 1 aromatic carbocycles. The van der Waals surface area contributed by atoms with Crippen molar-refractivity contribution in [2.45, 2.75) is 25.7 Å². The normalized spacial score (nSPS) is 15.3. The second-order valence-electron chi connectivity index (χ2n) is 6.74. The number of carbonyl (C=O) groups is 1. The Morgan fingerprint density at radius 3 is 2.54 bits per heavy atom. The van der Waals surface area contributed by atoms with E-state index in [0.29, 0.717) is 31.1 Å². The van der Waals surface area contributed by atoms with Gasteiger partial charge in [-0.15, -0.1) is 0 Å². The summed E-state index contributed by atoms with van der Waals surface area (Å²) >= 11 is 0. The van der Waals surface area contributed by atoms with E-state index in [0.717, 1.165) is 24.5 Å². The average Bonchev–Trinajstić information content (AvgIpc) is 2.62. The van der Waals surface area contributed by atoms with E-state index in [1.54, 1.807) is 24.1 Å². The van der Waals surface area contributed by atoms with Gasteiger partial charge in [-0.2, -0.15) is 5.10 Å². The van der Waals surface area contributed by atoms with E-state index in [9.17, 15) is 18.4 Å². The van der Waals surface area contributed by atoms with Crippen LogP contribution in [0.15, 0.2) is 35.1 Å². The summed E-state index contributed by atoms with van der Waals surface area (Å²) < 4.78 is 27.5. The molecule has 0 atom stereocenters. The summed E-state index contributed by atoms with van der Waals surface area (Å²) in [6, 6.07) is 7.00. The van der Waals surface area contributed by atoms with Crippen molar-refractivity contribution in [1.82, 2.24) is 14.7 Å². The number of hydrogen-bond acceptors (Lipinski definition) is 3. The zero-order chi connectivity index (χ0) is 18.7. The molecule has 1 saturated heterocycles. The van der Waals surface area contributed by atoms with Gasteiger partial charge in [-0.05, 0) is 48.9 Å². The van der Waals surface area contributed by atoms with Gasteiger partial charge >= 0.3 is 0 Å². The predicted molar refractivity (Wildman–Crippen MR) is 92.5 cm³/mol. The highest BCUT2D eigenvalue weighted by molar-refractivity contribution is 5.78. The molecule has 0 N–H and O–H groups in total. The summed E-state index contributed by atoms with van der Waals surface area (Å²) in [6.07, 6.45) is 2.50. The highest BCUT2D eigenvalue weighted by Gasteiger charge is 2.23. The molecule has 0 bridgehead atoms. The van der Waals surface area contributed by atoms with Gasteiger partial charge in [-0.3, -0.25) is 9.59 Å². The van der Waals surface area contributed by atoms with E-state index in [-0.39, 0.29) is 17.9 Å².